The molecule has 0 saturated heterocycles. The summed E-state index contributed by atoms with van der Waals surface area (Å²) in [7, 11) is 0. The first-order chi connectivity index (χ1) is 10.1. The van der Waals surface area contributed by atoms with Crippen molar-refractivity contribution in [3.63, 3.8) is 0 Å². The zero-order valence-corrected chi connectivity index (χ0v) is 11.4. The van der Waals surface area contributed by atoms with Crippen molar-refractivity contribution in [3.05, 3.63) is 64.5 Å². The number of nitrogens with zero attached hydrogens (tertiary/aromatic N) is 1. The van der Waals surface area contributed by atoms with E-state index in [4.69, 9.17) is 0 Å². The van der Waals surface area contributed by atoms with Crippen molar-refractivity contribution in [2.45, 2.75) is 13.0 Å². The Morgan fingerprint density at radius 1 is 1.33 bits per heavy atom. The molecule has 106 valence electrons. The minimum atomic E-state index is -0.346. The number of carbonyl (C=O) groups excluding carboxylic acids is 1. The molecule has 1 unspecified atom stereocenters. The molecule has 3 N–H and O–H groups in total. The van der Waals surface area contributed by atoms with E-state index in [1.54, 1.807) is 30.6 Å². The van der Waals surface area contributed by atoms with Crippen LogP contribution in [0, 0.1) is 0 Å². The lowest BCUT2D eigenvalue weighted by Gasteiger charge is -2.11. The lowest BCUT2D eigenvalue weighted by Crippen LogP contribution is -2.29. The topological polar surface area (TPSA) is 90.6 Å². The summed E-state index contributed by atoms with van der Waals surface area (Å²) in [6.45, 7) is 1.82. The van der Waals surface area contributed by atoms with Crippen molar-refractivity contribution < 1.29 is 4.79 Å². The minimum Gasteiger partial charge on any atom is -0.350 e. The van der Waals surface area contributed by atoms with Gasteiger partial charge in [0.25, 0.3) is 5.91 Å². The third-order valence-corrected chi connectivity index (χ3v) is 3.26. The van der Waals surface area contributed by atoms with Gasteiger partial charge in [-0.25, -0.2) is 4.98 Å². The van der Waals surface area contributed by atoms with Crippen LogP contribution in [0.1, 0.15) is 29.3 Å². The molecule has 2 heterocycles. The quantitative estimate of drug-likeness (QED) is 0.683. The molecule has 2 aromatic heterocycles. The number of hydrogen-bond acceptors (Lipinski definition) is 3. The van der Waals surface area contributed by atoms with Gasteiger partial charge in [0.15, 0.2) is 5.43 Å². The van der Waals surface area contributed by atoms with Gasteiger partial charge in [-0.1, -0.05) is 12.1 Å². The van der Waals surface area contributed by atoms with Crippen molar-refractivity contribution in [3.8, 4) is 0 Å². The Bertz CT molecular complexity index is 836. The molecule has 1 atom stereocenters. The molecule has 0 radical (unpaired) electrons. The number of aromatic nitrogens is 3. The van der Waals surface area contributed by atoms with Crippen LogP contribution in [-0.2, 0) is 0 Å². The highest BCUT2D eigenvalue weighted by Crippen LogP contribution is 2.09. The van der Waals surface area contributed by atoms with Gasteiger partial charge in [-0.05, 0) is 19.1 Å². The van der Waals surface area contributed by atoms with Gasteiger partial charge in [-0.3, -0.25) is 9.59 Å². The average molecular weight is 282 g/mol. The Balaban J connectivity index is 1.90. The number of fused-ring (bicyclic) bond motifs is 1. The fraction of sp³-hybridized carbons (Fsp3) is 0.133. The number of hydrogen-bond donors (Lipinski definition) is 3. The molecule has 0 aliphatic heterocycles. The number of aromatic amines is 2. The minimum absolute atomic E-state index is 0.180. The third kappa shape index (κ3) is 2.55. The number of carbonyl (C=O) groups is 1. The molecule has 0 aliphatic rings. The van der Waals surface area contributed by atoms with Crippen LogP contribution in [0.25, 0.3) is 10.9 Å². The molecular formula is C15H14N4O2. The first-order valence-electron chi connectivity index (χ1n) is 6.57. The number of nitrogens with one attached hydrogen (secondary N) is 3. The molecule has 6 heteroatoms. The lowest BCUT2D eigenvalue weighted by atomic mass is 10.2. The van der Waals surface area contributed by atoms with Crippen molar-refractivity contribution in [2.24, 2.45) is 0 Å². The molecule has 0 spiro atoms. The van der Waals surface area contributed by atoms with Crippen LogP contribution >= 0.6 is 0 Å². The zero-order valence-electron chi connectivity index (χ0n) is 11.4. The molecule has 0 fully saturated rings. The maximum atomic E-state index is 12.2. The van der Waals surface area contributed by atoms with Gasteiger partial charge in [-0.15, -0.1) is 0 Å². The monoisotopic (exact) mass is 282 g/mol. The Hall–Kier alpha value is -2.89. The van der Waals surface area contributed by atoms with Gasteiger partial charge in [0.1, 0.15) is 11.5 Å². The van der Waals surface area contributed by atoms with Crippen LogP contribution in [0.5, 0.6) is 0 Å². The first-order valence-corrected chi connectivity index (χ1v) is 6.57. The van der Waals surface area contributed by atoms with Crippen LogP contribution in [0.3, 0.4) is 0 Å². The Morgan fingerprint density at radius 3 is 2.90 bits per heavy atom. The van der Waals surface area contributed by atoms with E-state index >= 15 is 0 Å². The molecule has 6 nitrogen and oxygen atoms in total. The second-order valence-electron chi connectivity index (χ2n) is 4.76. The average Bonchev–Trinajstić information content (AvgIpc) is 3.01. The first kappa shape index (κ1) is 13.1. The lowest BCUT2D eigenvalue weighted by molar-refractivity contribution is 0.0933. The van der Waals surface area contributed by atoms with Crippen molar-refractivity contribution in [1.29, 1.82) is 0 Å². The molecule has 0 saturated carbocycles. The number of benzene rings is 1. The van der Waals surface area contributed by atoms with Crippen LogP contribution < -0.4 is 10.7 Å². The molecule has 1 aromatic carbocycles. The maximum Gasteiger partial charge on any atom is 0.268 e. The van der Waals surface area contributed by atoms with E-state index in [1.807, 2.05) is 13.0 Å². The second-order valence-corrected chi connectivity index (χ2v) is 4.76. The summed E-state index contributed by atoms with van der Waals surface area (Å²) in [6.07, 6.45) is 3.31. The smallest absolute Gasteiger partial charge is 0.268 e. The van der Waals surface area contributed by atoms with Gasteiger partial charge < -0.3 is 15.3 Å². The predicted molar refractivity (Wildman–Crippen MR) is 79.0 cm³/mol. The molecule has 0 aliphatic carbocycles. The van der Waals surface area contributed by atoms with Gasteiger partial charge >= 0.3 is 0 Å². The van der Waals surface area contributed by atoms with E-state index in [1.165, 1.54) is 6.07 Å². The van der Waals surface area contributed by atoms with E-state index in [2.05, 4.69) is 20.3 Å². The summed E-state index contributed by atoms with van der Waals surface area (Å²) in [5.41, 5.74) is 0.693. The van der Waals surface area contributed by atoms with Crippen LogP contribution in [0.4, 0.5) is 0 Å². The fourth-order valence-electron chi connectivity index (χ4n) is 2.18. The highest BCUT2D eigenvalue weighted by molar-refractivity contribution is 5.94. The summed E-state index contributed by atoms with van der Waals surface area (Å²) in [5.74, 6) is 0.313. The van der Waals surface area contributed by atoms with E-state index in [0.717, 1.165) is 0 Å². The molecule has 21 heavy (non-hydrogen) atoms. The second kappa shape index (κ2) is 5.24. The maximum absolute atomic E-state index is 12.2. The number of para-hydroxylation sites is 1. The molecule has 3 aromatic rings. The summed E-state index contributed by atoms with van der Waals surface area (Å²) in [6, 6.07) is 8.13. The molecule has 1 amide bonds. The molecule has 0 bridgehead atoms. The Morgan fingerprint density at radius 2 is 2.14 bits per heavy atom. The summed E-state index contributed by atoms with van der Waals surface area (Å²) in [5, 5.41) is 3.35. The number of amides is 1. The van der Waals surface area contributed by atoms with Crippen molar-refractivity contribution >= 4 is 16.8 Å². The zero-order chi connectivity index (χ0) is 14.8. The normalized spacial score (nSPS) is 12.2. The van der Waals surface area contributed by atoms with Gasteiger partial charge in [0, 0.05) is 29.4 Å². The highest BCUT2D eigenvalue weighted by atomic mass is 16.2. The number of imidazole rings is 1. The van der Waals surface area contributed by atoms with E-state index in [-0.39, 0.29) is 23.1 Å². The predicted octanol–water partition coefficient (Wildman–Crippen LogP) is 1.74. The Labute approximate surface area is 120 Å². The number of H-pyrrole nitrogens is 2. The standard InChI is InChI=1S/C15H14N4O2/c1-9(14-16-6-7-17-14)18-15(21)12-8-13(20)10-4-2-3-5-11(10)19-12/h2-9H,1H3,(H,16,17)(H,18,21)(H,19,20). The van der Waals surface area contributed by atoms with E-state index < -0.39 is 0 Å². The van der Waals surface area contributed by atoms with Crippen LogP contribution in [0.15, 0.2) is 47.5 Å². The summed E-state index contributed by atoms with van der Waals surface area (Å²) < 4.78 is 0. The fourth-order valence-corrected chi connectivity index (χ4v) is 2.18. The van der Waals surface area contributed by atoms with Crippen LogP contribution in [0.2, 0.25) is 0 Å². The molecule has 3 rings (SSSR count). The van der Waals surface area contributed by atoms with Gasteiger partial charge in [0.05, 0.1) is 6.04 Å². The number of rotatable bonds is 3. The number of pyridine rings is 1. The largest absolute Gasteiger partial charge is 0.350 e. The SMILES string of the molecule is CC(NC(=O)c1cc(=O)c2ccccc2[nH]1)c1ncc[nH]1. The molecular weight excluding hydrogens is 268 g/mol. The van der Waals surface area contributed by atoms with E-state index in [9.17, 15) is 9.59 Å². The van der Waals surface area contributed by atoms with Crippen molar-refractivity contribution in [2.75, 3.05) is 0 Å². The van der Waals surface area contributed by atoms with Crippen molar-refractivity contribution in [1.82, 2.24) is 20.3 Å². The Kier molecular flexibility index (Phi) is 3.27. The third-order valence-electron chi connectivity index (χ3n) is 3.26. The van der Waals surface area contributed by atoms with E-state index in [0.29, 0.717) is 16.7 Å². The summed E-state index contributed by atoms with van der Waals surface area (Å²) >= 11 is 0. The summed E-state index contributed by atoms with van der Waals surface area (Å²) in [4.78, 5) is 34.2. The van der Waals surface area contributed by atoms with Crippen LogP contribution in [-0.4, -0.2) is 20.9 Å². The highest BCUT2D eigenvalue weighted by Gasteiger charge is 2.14. The van der Waals surface area contributed by atoms with Gasteiger partial charge in [0.2, 0.25) is 0 Å². The van der Waals surface area contributed by atoms with Gasteiger partial charge in [-0.2, -0.15) is 0 Å².